The Balaban J connectivity index is 1.61. The van der Waals surface area contributed by atoms with E-state index in [0.29, 0.717) is 11.6 Å². The van der Waals surface area contributed by atoms with E-state index in [0.717, 1.165) is 23.4 Å². The minimum Gasteiger partial charge on any atom is -0.345 e. The van der Waals surface area contributed by atoms with Crippen molar-refractivity contribution in [2.24, 2.45) is 0 Å². The van der Waals surface area contributed by atoms with Crippen LogP contribution in [0.2, 0.25) is 0 Å². The highest BCUT2D eigenvalue weighted by atomic mass is 32.1. The maximum absolute atomic E-state index is 12.3. The molecule has 2 amide bonds. The molecule has 1 heterocycles. The Kier molecular flexibility index (Phi) is 11.1. The van der Waals surface area contributed by atoms with Crippen LogP contribution in [0.1, 0.15) is 78.1 Å². The number of anilines is 1. The van der Waals surface area contributed by atoms with E-state index < -0.39 is 6.04 Å². The molecule has 0 bridgehead atoms. The van der Waals surface area contributed by atoms with Gasteiger partial charge in [-0.05, 0) is 13.3 Å². The number of benzene rings is 1. The normalized spacial score (nSPS) is 11.8. The number of rotatable bonds is 14. The Morgan fingerprint density at radius 2 is 1.57 bits per heavy atom. The van der Waals surface area contributed by atoms with Gasteiger partial charge in [0.25, 0.3) is 0 Å². The summed E-state index contributed by atoms with van der Waals surface area (Å²) in [6, 6.07) is 9.08. The number of carbonyl (C=O) groups excluding carboxylic acids is 2. The molecule has 1 aromatic heterocycles. The minimum atomic E-state index is -0.611. The Hall–Kier alpha value is -2.28. The standard InChI is InChI=1S/C23H34N4O2S/c1-3-4-5-6-7-8-9-10-14-17-20(28)24-18(2)21(29)25-23-27-26-22(30-23)19-15-12-11-13-16-19/h11-13,15-16,18H,3-10,14,17H2,1-2H3,(H,24,28)(H,25,27,29)/t18-/m0/s1. The summed E-state index contributed by atoms with van der Waals surface area (Å²) in [5.74, 6) is -0.367. The van der Waals surface area contributed by atoms with Gasteiger partial charge in [-0.2, -0.15) is 0 Å². The van der Waals surface area contributed by atoms with Crippen molar-refractivity contribution in [3.8, 4) is 10.6 Å². The summed E-state index contributed by atoms with van der Waals surface area (Å²) in [6.45, 7) is 3.91. The third kappa shape index (κ3) is 9.03. The van der Waals surface area contributed by atoms with E-state index in [2.05, 4.69) is 27.8 Å². The van der Waals surface area contributed by atoms with E-state index in [1.807, 2.05) is 30.3 Å². The van der Waals surface area contributed by atoms with Crippen molar-refractivity contribution < 1.29 is 9.59 Å². The van der Waals surface area contributed by atoms with Crippen LogP contribution in [0.3, 0.4) is 0 Å². The summed E-state index contributed by atoms with van der Waals surface area (Å²) in [7, 11) is 0. The predicted molar refractivity (Wildman–Crippen MR) is 123 cm³/mol. The largest absolute Gasteiger partial charge is 0.345 e. The van der Waals surface area contributed by atoms with Crippen LogP contribution in [0.5, 0.6) is 0 Å². The van der Waals surface area contributed by atoms with E-state index in [1.165, 1.54) is 56.3 Å². The molecule has 2 rings (SSSR count). The van der Waals surface area contributed by atoms with Crippen LogP contribution in [0.25, 0.3) is 10.6 Å². The lowest BCUT2D eigenvalue weighted by molar-refractivity contribution is -0.126. The van der Waals surface area contributed by atoms with Gasteiger partial charge in [0.2, 0.25) is 16.9 Å². The lowest BCUT2D eigenvalue weighted by atomic mass is 10.1. The number of unbranched alkanes of at least 4 members (excludes halogenated alkanes) is 8. The molecule has 0 radical (unpaired) electrons. The number of amides is 2. The van der Waals surface area contributed by atoms with E-state index >= 15 is 0 Å². The van der Waals surface area contributed by atoms with Crippen LogP contribution in [0.4, 0.5) is 5.13 Å². The summed E-state index contributed by atoms with van der Waals surface area (Å²) in [5, 5.41) is 14.8. The number of hydrogen-bond donors (Lipinski definition) is 2. The van der Waals surface area contributed by atoms with Gasteiger partial charge in [-0.25, -0.2) is 0 Å². The van der Waals surface area contributed by atoms with E-state index in [-0.39, 0.29) is 11.8 Å². The number of carbonyl (C=O) groups is 2. The van der Waals surface area contributed by atoms with Crippen molar-refractivity contribution >= 4 is 28.3 Å². The van der Waals surface area contributed by atoms with Crippen LogP contribution in [0.15, 0.2) is 30.3 Å². The molecular formula is C23H34N4O2S. The zero-order chi connectivity index (χ0) is 21.6. The van der Waals surface area contributed by atoms with Crippen LogP contribution in [-0.2, 0) is 9.59 Å². The molecule has 1 atom stereocenters. The maximum Gasteiger partial charge on any atom is 0.248 e. The molecule has 0 aliphatic carbocycles. The van der Waals surface area contributed by atoms with Crippen LogP contribution in [0, 0.1) is 0 Å². The number of nitrogens with zero attached hydrogens (tertiary/aromatic N) is 2. The molecule has 0 fully saturated rings. The maximum atomic E-state index is 12.3. The van der Waals surface area contributed by atoms with Crippen molar-refractivity contribution in [3.63, 3.8) is 0 Å². The van der Waals surface area contributed by atoms with Gasteiger partial charge in [-0.3, -0.25) is 14.9 Å². The first-order chi connectivity index (χ1) is 14.6. The zero-order valence-electron chi connectivity index (χ0n) is 18.2. The van der Waals surface area contributed by atoms with Gasteiger partial charge in [0.05, 0.1) is 0 Å². The van der Waals surface area contributed by atoms with Gasteiger partial charge < -0.3 is 5.32 Å². The Morgan fingerprint density at radius 1 is 0.933 bits per heavy atom. The first-order valence-corrected chi connectivity index (χ1v) is 11.9. The zero-order valence-corrected chi connectivity index (χ0v) is 19.0. The summed E-state index contributed by atoms with van der Waals surface area (Å²) in [6.07, 6.45) is 11.4. The van der Waals surface area contributed by atoms with Crippen molar-refractivity contribution in [1.29, 1.82) is 0 Å². The number of nitrogens with one attached hydrogen (secondary N) is 2. The first-order valence-electron chi connectivity index (χ1n) is 11.1. The minimum absolute atomic E-state index is 0.0807. The van der Waals surface area contributed by atoms with Crippen LogP contribution < -0.4 is 10.6 Å². The summed E-state index contributed by atoms with van der Waals surface area (Å²) in [4.78, 5) is 24.4. The fourth-order valence-electron chi connectivity index (χ4n) is 3.16. The highest BCUT2D eigenvalue weighted by Gasteiger charge is 2.17. The summed E-state index contributed by atoms with van der Waals surface area (Å²) < 4.78 is 0. The molecule has 0 spiro atoms. The Bertz CT molecular complexity index is 764. The SMILES string of the molecule is CCCCCCCCCCCC(=O)N[C@@H](C)C(=O)Nc1nnc(-c2ccccc2)s1. The predicted octanol–water partition coefficient (Wildman–Crippen LogP) is 5.57. The van der Waals surface area contributed by atoms with Crippen LogP contribution in [-0.4, -0.2) is 28.1 Å². The van der Waals surface area contributed by atoms with Gasteiger partial charge in [0.1, 0.15) is 11.0 Å². The summed E-state index contributed by atoms with van der Waals surface area (Å²) >= 11 is 1.31. The van der Waals surface area contributed by atoms with E-state index in [4.69, 9.17) is 0 Å². The molecule has 2 aromatic rings. The van der Waals surface area contributed by atoms with Crippen LogP contribution >= 0.6 is 11.3 Å². The third-order valence-corrected chi connectivity index (χ3v) is 5.84. The molecule has 164 valence electrons. The highest BCUT2D eigenvalue weighted by molar-refractivity contribution is 7.18. The Morgan fingerprint density at radius 3 is 2.23 bits per heavy atom. The number of aromatic nitrogens is 2. The monoisotopic (exact) mass is 430 g/mol. The van der Waals surface area contributed by atoms with E-state index in [1.54, 1.807) is 6.92 Å². The van der Waals surface area contributed by atoms with Crippen molar-refractivity contribution in [2.75, 3.05) is 5.32 Å². The molecule has 6 nitrogen and oxygen atoms in total. The molecule has 0 saturated heterocycles. The Labute approximate surface area is 183 Å². The second-order valence-corrected chi connectivity index (χ2v) is 8.61. The van der Waals surface area contributed by atoms with Gasteiger partial charge in [-0.1, -0.05) is 100.0 Å². The van der Waals surface area contributed by atoms with Crippen molar-refractivity contribution in [3.05, 3.63) is 30.3 Å². The molecule has 0 saturated carbocycles. The topological polar surface area (TPSA) is 84.0 Å². The van der Waals surface area contributed by atoms with Gasteiger partial charge in [0, 0.05) is 12.0 Å². The molecule has 0 unspecified atom stereocenters. The molecule has 7 heteroatoms. The molecule has 1 aromatic carbocycles. The smallest absolute Gasteiger partial charge is 0.248 e. The second-order valence-electron chi connectivity index (χ2n) is 7.64. The molecule has 2 N–H and O–H groups in total. The average molecular weight is 431 g/mol. The highest BCUT2D eigenvalue weighted by Crippen LogP contribution is 2.25. The number of hydrogen-bond acceptors (Lipinski definition) is 5. The fraction of sp³-hybridized carbons (Fsp3) is 0.565. The molecule has 0 aliphatic heterocycles. The van der Waals surface area contributed by atoms with E-state index in [9.17, 15) is 9.59 Å². The molecule has 0 aliphatic rings. The van der Waals surface area contributed by atoms with Gasteiger partial charge in [-0.15, -0.1) is 10.2 Å². The molecule has 30 heavy (non-hydrogen) atoms. The quantitative estimate of drug-likeness (QED) is 0.384. The lowest BCUT2D eigenvalue weighted by Gasteiger charge is -2.12. The summed E-state index contributed by atoms with van der Waals surface area (Å²) in [5.41, 5.74) is 0.956. The lowest BCUT2D eigenvalue weighted by Crippen LogP contribution is -2.41. The average Bonchev–Trinajstić information content (AvgIpc) is 3.21. The molecular weight excluding hydrogens is 396 g/mol. The van der Waals surface area contributed by atoms with Crippen molar-refractivity contribution in [1.82, 2.24) is 15.5 Å². The van der Waals surface area contributed by atoms with Gasteiger partial charge >= 0.3 is 0 Å². The third-order valence-electron chi connectivity index (χ3n) is 4.95. The second kappa shape index (κ2) is 13.9. The van der Waals surface area contributed by atoms with Crippen molar-refractivity contribution in [2.45, 2.75) is 84.1 Å². The van der Waals surface area contributed by atoms with Gasteiger partial charge in [0.15, 0.2) is 0 Å². The first kappa shape index (κ1) is 24.0. The fourth-order valence-corrected chi connectivity index (χ4v) is 3.91.